The molecule has 1 N–H and O–H groups in total. The molecular weight excluding hydrogens is 234 g/mol. The number of rotatable bonds is 7. The van der Waals surface area contributed by atoms with Crippen LogP contribution in [0.5, 0.6) is 5.88 Å². The lowest BCUT2D eigenvalue weighted by Gasteiger charge is -2.16. The summed E-state index contributed by atoms with van der Waals surface area (Å²) < 4.78 is 5.41. The molecule has 0 fully saturated rings. The van der Waals surface area contributed by atoms with Gasteiger partial charge in [0, 0.05) is 23.6 Å². The van der Waals surface area contributed by atoms with Crippen LogP contribution in [0, 0.1) is 6.92 Å². The Morgan fingerprint density at radius 2 is 2.18 bits per heavy atom. The summed E-state index contributed by atoms with van der Waals surface area (Å²) in [5.74, 6) is 2.36. The summed E-state index contributed by atoms with van der Waals surface area (Å²) in [5.41, 5.74) is 0.921. The highest BCUT2D eigenvalue weighted by Gasteiger charge is 2.08. The van der Waals surface area contributed by atoms with Gasteiger partial charge in [-0.05, 0) is 26.5 Å². The summed E-state index contributed by atoms with van der Waals surface area (Å²) in [4.78, 5) is 8.71. The fraction of sp³-hybridized carbons (Fsp3) is 0.667. The lowest BCUT2D eigenvalue weighted by molar-refractivity contribution is 0.326. The predicted molar refractivity (Wildman–Crippen MR) is 74.0 cm³/mol. The molecule has 1 atom stereocenters. The lowest BCUT2D eigenvalue weighted by atomic mass is 10.3. The maximum absolute atomic E-state index is 5.41. The molecule has 17 heavy (non-hydrogen) atoms. The number of hydrogen-bond donors (Lipinski definition) is 1. The minimum Gasteiger partial charge on any atom is -0.478 e. The van der Waals surface area contributed by atoms with Crippen molar-refractivity contribution in [1.82, 2.24) is 9.97 Å². The maximum Gasteiger partial charge on any atom is 0.226 e. The zero-order valence-electron chi connectivity index (χ0n) is 11.0. The number of nitrogens with zero attached hydrogens (tertiary/aromatic N) is 2. The molecule has 1 rings (SSSR count). The van der Waals surface area contributed by atoms with Crippen LogP contribution in [0.2, 0.25) is 0 Å². The molecule has 0 aromatic carbocycles. The molecule has 96 valence electrons. The Hall–Kier alpha value is -0.970. The zero-order chi connectivity index (χ0) is 12.7. The monoisotopic (exact) mass is 255 g/mol. The fourth-order valence-corrected chi connectivity index (χ4v) is 2.19. The minimum absolute atomic E-state index is 0.404. The Morgan fingerprint density at radius 1 is 1.41 bits per heavy atom. The van der Waals surface area contributed by atoms with E-state index >= 15 is 0 Å². The highest BCUT2D eigenvalue weighted by Crippen LogP contribution is 2.14. The van der Waals surface area contributed by atoms with Crippen molar-refractivity contribution in [2.45, 2.75) is 33.2 Å². The van der Waals surface area contributed by atoms with E-state index in [1.54, 1.807) is 0 Å². The zero-order valence-corrected chi connectivity index (χ0v) is 11.8. The number of aryl methyl sites for hydroxylation is 1. The average molecular weight is 255 g/mol. The molecule has 0 bridgehead atoms. The SMILES string of the molecule is CCOc1cc(C)nc(NC(CC)CSC)n1. The van der Waals surface area contributed by atoms with Gasteiger partial charge in [0.15, 0.2) is 0 Å². The molecule has 4 nitrogen and oxygen atoms in total. The third-order valence-corrected chi connectivity index (χ3v) is 3.05. The van der Waals surface area contributed by atoms with Crippen molar-refractivity contribution in [2.75, 3.05) is 23.9 Å². The van der Waals surface area contributed by atoms with Crippen LogP contribution in [0.15, 0.2) is 6.07 Å². The molecule has 0 aliphatic carbocycles. The normalized spacial score (nSPS) is 12.2. The molecule has 0 saturated heterocycles. The highest BCUT2D eigenvalue weighted by molar-refractivity contribution is 7.98. The number of ether oxygens (including phenoxy) is 1. The van der Waals surface area contributed by atoms with Crippen molar-refractivity contribution in [2.24, 2.45) is 0 Å². The number of anilines is 1. The second-order valence-corrected chi connectivity index (χ2v) is 4.72. The number of nitrogens with one attached hydrogen (secondary N) is 1. The molecule has 1 aromatic rings. The van der Waals surface area contributed by atoms with E-state index in [1.807, 2.05) is 31.7 Å². The first-order chi connectivity index (χ1) is 8.19. The first-order valence-corrected chi connectivity index (χ1v) is 7.32. The Kier molecular flexibility index (Phi) is 6.11. The molecule has 0 aliphatic rings. The van der Waals surface area contributed by atoms with Gasteiger partial charge in [-0.2, -0.15) is 16.7 Å². The summed E-state index contributed by atoms with van der Waals surface area (Å²) in [6.45, 7) is 6.68. The molecule has 0 saturated carbocycles. The van der Waals surface area contributed by atoms with Gasteiger partial charge in [0.25, 0.3) is 0 Å². The molecule has 0 amide bonds. The Labute approximate surface area is 108 Å². The molecule has 1 aromatic heterocycles. The van der Waals surface area contributed by atoms with E-state index in [1.165, 1.54) is 0 Å². The molecular formula is C12H21N3OS. The quantitative estimate of drug-likeness (QED) is 0.811. The smallest absolute Gasteiger partial charge is 0.226 e. The second-order valence-electron chi connectivity index (χ2n) is 3.81. The van der Waals surface area contributed by atoms with Crippen LogP contribution in [0.1, 0.15) is 26.0 Å². The molecule has 0 radical (unpaired) electrons. The van der Waals surface area contributed by atoms with Crippen LogP contribution in [0.25, 0.3) is 0 Å². The first kappa shape index (κ1) is 14.1. The van der Waals surface area contributed by atoms with Crippen molar-refractivity contribution in [3.63, 3.8) is 0 Å². The van der Waals surface area contributed by atoms with Gasteiger partial charge in [-0.25, -0.2) is 4.98 Å². The van der Waals surface area contributed by atoms with Crippen LogP contribution in [-0.2, 0) is 0 Å². The highest BCUT2D eigenvalue weighted by atomic mass is 32.2. The largest absolute Gasteiger partial charge is 0.478 e. The molecule has 0 spiro atoms. The van der Waals surface area contributed by atoms with Crippen LogP contribution >= 0.6 is 11.8 Å². The third-order valence-electron chi connectivity index (χ3n) is 2.32. The van der Waals surface area contributed by atoms with Gasteiger partial charge in [-0.3, -0.25) is 0 Å². The summed E-state index contributed by atoms with van der Waals surface area (Å²) >= 11 is 1.82. The fourth-order valence-electron chi connectivity index (χ4n) is 1.47. The first-order valence-electron chi connectivity index (χ1n) is 5.93. The van der Waals surface area contributed by atoms with Gasteiger partial charge in [0.05, 0.1) is 6.61 Å². The molecule has 0 aliphatic heterocycles. The number of thioether (sulfide) groups is 1. The lowest BCUT2D eigenvalue weighted by Crippen LogP contribution is -2.22. The van der Waals surface area contributed by atoms with Crippen molar-refractivity contribution >= 4 is 17.7 Å². The average Bonchev–Trinajstić information content (AvgIpc) is 2.28. The van der Waals surface area contributed by atoms with Crippen molar-refractivity contribution < 1.29 is 4.74 Å². The number of hydrogen-bond acceptors (Lipinski definition) is 5. The van der Waals surface area contributed by atoms with E-state index in [2.05, 4.69) is 28.5 Å². The van der Waals surface area contributed by atoms with Gasteiger partial charge in [-0.15, -0.1) is 0 Å². The number of aromatic nitrogens is 2. The van der Waals surface area contributed by atoms with E-state index in [-0.39, 0.29) is 0 Å². The third kappa shape index (κ3) is 4.81. The Balaban J connectivity index is 2.75. The van der Waals surface area contributed by atoms with Gasteiger partial charge >= 0.3 is 0 Å². The standard InChI is InChI=1S/C12H21N3OS/c1-5-10(8-17-4)14-12-13-9(3)7-11(15-12)16-6-2/h7,10H,5-6,8H2,1-4H3,(H,13,14,15). The Morgan fingerprint density at radius 3 is 2.76 bits per heavy atom. The Bertz CT molecular complexity index is 347. The van der Waals surface area contributed by atoms with Crippen molar-refractivity contribution in [3.8, 4) is 5.88 Å². The maximum atomic E-state index is 5.41. The van der Waals surface area contributed by atoms with E-state index < -0.39 is 0 Å². The van der Waals surface area contributed by atoms with Crippen molar-refractivity contribution in [1.29, 1.82) is 0 Å². The summed E-state index contributed by atoms with van der Waals surface area (Å²) in [6, 6.07) is 2.26. The molecule has 1 heterocycles. The van der Waals surface area contributed by atoms with E-state index in [9.17, 15) is 0 Å². The topological polar surface area (TPSA) is 47.0 Å². The molecule has 1 unspecified atom stereocenters. The summed E-state index contributed by atoms with van der Waals surface area (Å²) in [7, 11) is 0. The van der Waals surface area contributed by atoms with Crippen LogP contribution in [-0.4, -0.2) is 34.6 Å². The van der Waals surface area contributed by atoms with Crippen molar-refractivity contribution in [3.05, 3.63) is 11.8 Å². The van der Waals surface area contributed by atoms with Crippen LogP contribution in [0.4, 0.5) is 5.95 Å². The van der Waals surface area contributed by atoms with Gasteiger partial charge in [-0.1, -0.05) is 6.92 Å². The van der Waals surface area contributed by atoms with E-state index in [0.29, 0.717) is 24.5 Å². The van der Waals surface area contributed by atoms with E-state index in [4.69, 9.17) is 4.74 Å². The summed E-state index contributed by atoms with van der Waals surface area (Å²) in [6.07, 6.45) is 3.16. The van der Waals surface area contributed by atoms with Gasteiger partial charge in [0.2, 0.25) is 11.8 Å². The van der Waals surface area contributed by atoms with Crippen LogP contribution < -0.4 is 10.1 Å². The van der Waals surface area contributed by atoms with Gasteiger partial charge < -0.3 is 10.1 Å². The van der Waals surface area contributed by atoms with Gasteiger partial charge in [0.1, 0.15) is 0 Å². The minimum atomic E-state index is 0.404. The van der Waals surface area contributed by atoms with Crippen LogP contribution in [0.3, 0.4) is 0 Å². The van der Waals surface area contributed by atoms with E-state index in [0.717, 1.165) is 17.9 Å². The summed E-state index contributed by atoms with van der Waals surface area (Å²) in [5, 5.41) is 3.35. The predicted octanol–water partition coefficient (Wildman–Crippen LogP) is 2.74. The second kappa shape index (κ2) is 7.37. The molecule has 5 heteroatoms.